The summed E-state index contributed by atoms with van der Waals surface area (Å²) in [5.41, 5.74) is 11.3. The molecule has 0 atom stereocenters. The van der Waals surface area contributed by atoms with E-state index in [2.05, 4.69) is 44.5 Å². The third-order valence-electron chi connectivity index (χ3n) is 4.61. The van der Waals surface area contributed by atoms with E-state index in [0.717, 1.165) is 30.8 Å². The van der Waals surface area contributed by atoms with E-state index < -0.39 is 0 Å². The van der Waals surface area contributed by atoms with E-state index in [1.165, 1.54) is 11.1 Å². The lowest BCUT2D eigenvalue weighted by atomic mass is 10.0. The Labute approximate surface area is 148 Å². The highest BCUT2D eigenvalue weighted by molar-refractivity contribution is 7.08. The SMILES string of the molecule is Nc1nc(N2CCc3ccccc3C2)nc2c1ncn2-c1ccsc1. The molecular formula is C18H16N6S. The van der Waals surface area contributed by atoms with Gasteiger partial charge >= 0.3 is 0 Å². The van der Waals surface area contributed by atoms with Gasteiger partial charge in [0.2, 0.25) is 5.95 Å². The Morgan fingerprint density at radius 1 is 1.08 bits per heavy atom. The molecule has 5 rings (SSSR count). The zero-order valence-electron chi connectivity index (χ0n) is 13.5. The van der Waals surface area contributed by atoms with Crippen LogP contribution in [0.15, 0.2) is 47.4 Å². The topological polar surface area (TPSA) is 72.9 Å². The Balaban J connectivity index is 1.59. The standard InChI is InChI=1S/C18H16N6S/c19-16-15-17(24(11-20-15)14-6-8-25-10-14)22-18(21-16)23-7-5-12-3-1-2-4-13(12)9-23/h1-4,6,8,10-11H,5,7,9H2,(H2,19,21,22). The van der Waals surface area contributed by atoms with Crippen LogP contribution in [-0.4, -0.2) is 26.1 Å². The summed E-state index contributed by atoms with van der Waals surface area (Å²) < 4.78 is 1.96. The number of benzene rings is 1. The van der Waals surface area contributed by atoms with Gasteiger partial charge in [-0.25, -0.2) is 4.98 Å². The molecular weight excluding hydrogens is 332 g/mol. The number of nitrogens with two attached hydrogens (primary N) is 1. The van der Waals surface area contributed by atoms with Crippen molar-refractivity contribution in [3.63, 3.8) is 0 Å². The number of hydrogen-bond acceptors (Lipinski definition) is 6. The molecule has 124 valence electrons. The summed E-state index contributed by atoms with van der Waals surface area (Å²) >= 11 is 1.64. The van der Waals surface area contributed by atoms with Crippen molar-refractivity contribution < 1.29 is 0 Å². The number of fused-ring (bicyclic) bond motifs is 2. The molecule has 25 heavy (non-hydrogen) atoms. The molecule has 0 saturated heterocycles. The van der Waals surface area contributed by atoms with Crippen molar-refractivity contribution in [3.05, 3.63) is 58.5 Å². The van der Waals surface area contributed by atoms with Gasteiger partial charge < -0.3 is 10.6 Å². The van der Waals surface area contributed by atoms with Crippen LogP contribution in [0.4, 0.5) is 11.8 Å². The van der Waals surface area contributed by atoms with E-state index in [-0.39, 0.29) is 0 Å². The van der Waals surface area contributed by atoms with Gasteiger partial charge in [-0.15, -0.1) is 0 Å². The highest BCUT2D eigenvalue weighted by Gasteiger charge is 2.21. The molecule has 0 fully saturated rings. The van der Waals surface area contributed by atoms with Crippen LogP contribution < -0.4 is 10.6 Å². The van der Waals surface area contributed by atoms with Crippen molar-refractivity contribution in [1.29, 1.82) is 0 Å². The maximum atomic E-state index is 6.17. The summed E-state index contributed by atoms with van der Waals surface area (Å²) in [5.74, 6) is 1.09. The van der Waals surface area contributed by atoms with Crippen molar-refractivity contribution in [2.75, 3.05) is 17.2 Å². The fourth-order valence-corrected chi connectivity index (χ4v) is 3.93. The predicted molar refractivity (Wildman–Crippen MR) is 100 cm³/mol. The summed E-state index contributed by atoms with van der Waals surface area (Å²) in [6, 6.07) is 10.6. The maximum absolute atomic E-state index is 6.17. The minimum absolute atomic E-state index is 0.424. The monoisotopic (exact) mass is 348 g/mol. The number of rotatable bonds is 2. The van der Waals surface area contributed by atoms with Crippen molar-refractivity contribution in [1.82, 2.24) is 19.5 Å². The summed E-state index contributed by atoms with van der Waals surface area (Å²) in [7, 11) is 0. The van der Waals surface area contributed by atoms with Gasteiger partial charge in [-0.3, -0.25) is 4.57 Å². The van der Waals surface area contributed by atoms with Crippen LogP contribution in [0.2, 0.25) is 0 Å². The van der Waals surface area contributed by atoms with Crippen LogP contribution in [0.1, 0.15) is 11.1 Å². The molecule has 4 aromatic rings. The average molecular weight is 348 g/mol. The van der Waals surface area contributed by atoms with E-state index >= 15 is 0 Å². The maximum Gasteiger partial charge on any atom is 0.229 e. The first kappa shape index (κ1) is 14.4. The summed E-state index contributed by atoms with van der Waals surface area (Å²) in [5, 5.41) is 4.10. The molecule has 6 nitrogen and oxygen atoms in total. The lowest BCUT2D eigenvalue weighted by molar-refractivity contribution is 0.710. The molecule has 0 amide bonds. The van der Waals surface area contributed by atoms with E-state index in [0.29, 0.717) is 17.3 Å². The molecule has 0 bridgehead atoms. The lowest BCUT2D eigenvalue weighted by Crippen LogP contribution is -2.32. The fraction of sp³-hybridized carbons (Fsp3) is 0.167. The molecule has 7 heteroatoms. The Kier molecular flexibility index (Phi) is 3.21. The summed E-state index contributed by atoms with van der Waals surface area (Å²) in [4.78, 5) is 15.9. The number of nitrogen functional groups attached to an aromatic ring is 1. The van der Waals surface area contributed by atoms with Gasteiger partial charge in [-0.05, 0) is 29.0 Å². The third kappa shape index (κ3) is 2.35. The number of hydrogen-bond donors (Lipinski definition) is 1. The first-order chi connectivity index (χ1) is 12.3. The lowest BCUT2D eigenvalue weighted by Gasteiger charge is -2.28. The molecule has 3 aromatic heterocycles. The van der Waals surface area contributed by atoms with Crippen molar-refractivity contribution in [2.45, 2.75) is 13.0 Å². The van der Waals surface area contributed by atoms with Gasteiger partial charge in [0.1, 0.15) is 6.33 Å². The first-order valence-corrected chi connectivity index (χ1v) is 9.09. The van der Waals surface area contributed by atoms with Crippen molar-refractivity contribution >= 4 is 34.3 Å². The molecule has 4 heterocycles. The van der Waals surface area contributed by atoms with Crippen LogP contribution in [0.5, 0.6) is 0 Å². The third-order valence-corrected chi connectivity index (χ3v) is 5.28. The van der Waals surface area contributed by atoms with Crippen molar-refractivity contribution in [3.8, 4) is 5.69 Å². The van der Waals surface area contributed by atoms with E-state index in [1.807, 2.05) is 16.0 Å². The molecule has 0 radical (unpaired) electrons. The first-order valence-electron chi connectivity index (χ1n) is 8.14. The minimum Gasteiger partial charge on any atom is -0.382 e. The summed E-state index contributed by atoms with van der Waals surface area (Å²) in [6.45, 7) is 1.68. The summed E-state index contributed by atoms with van der Waals surface area (Å²) in [6.07, 6.45) is 2.74. The van der Waals surface area contributed by atoms with Crippen LogP contribution in [-0.2, 0) is 13.0 Å². The molecule has 2 N–H and O–H groups in total. The Bertz CT molecular complexity index is 1050. The Morgan fingerprint density at radius 3 is 2.80 bits per heavy atom. The van der Waals surface area contributed by atoms with Gasteiger partial charge in [0.25, 0.3) is 0 Å². The quantitative estimate of drug-likeness (QED) is 0.603. The van der Waals surface area contributed by atoms with E-state index in [4.69, 9.17) is 10.7 Å². The number of imidazole rings is 1. The Hall–Kier alpha value is -2.93. The second-order valence-electron chi connectivity index (χ2n) is 6.12. The predicted octanol–water partition coefficient (Wildman–Crippen LogP) is 3.02. The molecule has 1 aromatic carbocycles. The van der Waals surface area contributed by atoms with Crippen LogP contribution in [0, 0.1) is 0 Å². The van der Waals surface area contributed by atoms with Gasteiger partial charge in [0.05, 0.1) is 5.69 Å². The van der Waals surface area contributed by atoms with Crippen LogP contribution in [0.25, 0.3) is 16.9 Å². The highest BCUT2D eigenvalue weighted by atomic mass is 32.1. The molecule has 0 spiro atoms. The molecule has 0 saturated carbocycles. The molecule has 1 aliphatic heterocycles. The normalized spacial score (nSPS) is 14.0. The number of nitrogens with zero attached hydrogens (tertiary/aromatic N) is 5. The molecule has 1 aliphatic rings. The smallest absolute Gasteiger partial charge is 0.229 e. The zero-order chi connectivity index (χ0) is 16.8. The van der Waals surface area contributed by atoms with Crippen LogP contribution >= 0.6 is 11.3 Å². The van der Waals surface area contributed by atoms with Gasteiger partial charge in [-0.2, -0.15) is 21.3 Å². The number of aromatic nitrogens is 4. The largest absolute Gasteiger partial charge is 0.382 e. The van der Waals surface area contributed by atoms with Crippen molar-refractivity contribution in [2.24, 2.45) is 0 Å². The van der Waals surface area contributed by atoms with Gasteiger partial charge in [-0.1, -0.05) is 24.3 Å². The highest BCUT2D eigenvalue weighted by Crippen LogP contribution is 2.27. The van der Waals surface area contributed by atoms with Crippen LogP contribution in [0.3, 0.4) is 0 Å². The molecule has 0 aliphatic carbocycles. The Morgan fingerprint density at radius 2 is 1.96 bits per heavy atom. The number of thiophene rings is 1. The van der Waals surface area contributed by atoms with E-state index in [9.17, 15) is 0 Å². The number of anilines is 2. The van der Waals surface area contributed by atoms with Gasteiger partial charge in [0.15, 0.2) is 17.0 Å². The molecule has 0 unspecified atom stereocenters. The average Bonchev–Trinajstić information content (AvgIpc) is 3.30. The zero-order valence-corrected chi connectivity index (χ0v) is 14.3. The second-order valence-corrected chi connectivity index (χ2v) is 6.90. The second kappa shape index (κ2) is 5.56. The van der Waals surface area contributed by atoms with Gasteiger partial charge in [0, 0.05) is 18.5 Å². The fourth-order valence-electron chi connectivity index (χ4n) is 3.30. The minimum atomic E-state index is 0.424. The van der Waals surface area contributed by atoms with E-state index in [1.54, 1.807) is 17.7 Å².